The Bertz CT molecular complexity index is 521. The van der Waals surface area contributed by atoms with E-state index in [0.29, 0.717) is 19.6 Å². The van der Waals surface area contributed by atoms with Gasteiger partial charge in [-0.05, 0) is 44.7 Å². The summed E-state index contributed by atoms with van der Waals surface area (Å²) in [7, 11) is 0. The van der Waals surface area contributed by atoms with Gasteiger partial charge in [0, 0.05) is 24.5 Å². The fourth-order valence-corrected chi connectivity index (χ4v) is 3.56. The van der Waals surface area contributed by atoms with Gasteiger partial charge < -0.3 is 15.5 Å². The molecule has 1 fully saturated rings. The maximum atomic E-state index is 12.2. The van der Waals surface area contributed by atoms with Crippen LogP contribution in [0, 0.1) is 0 Å². The van der Waals surface area contributed by atoms with Crippen LogP contribution in [-0.4, -0.2) is 42.5 Å². The van der Waals surface area contributed by atoms with E-state index in [0.717, 1.165) is 30.0 Å². The van der Waals surface area contributed by atoms with E-state index in [1.54, 1.807) is 23.2 Å². The van der Waals surface area contributed by atoms with Crippen LogP contribution in [0.15, 0.2) is 12.1 Å². The van der Waals surface area contributed by atoms with E-state index in [1.165, 1.54) is 4.88 Å². The van der Waals surface area contributed by atoms with Crippen molar-refractivity contribution in [3.05, 3.63) is 21.3 Å². The average Bonchev–Trinajstić information content (AvgIpc) is 2.83. The van der Waals surface area contributed by atoms with Crippen LogP contribution in [0.25, 0.3) is 0 Å². The van der Waals surface area contributed by atoms with E-state index in [2.05, 4.69) is 10.6 Å². The predicted octanol–water partition coefficient (Wildman–Crippen LogP) is 2.64. The van der Waals surface area contributed by atoms with Gasteiger partial charge in [0.25, 0.3) is 0 Å². The highest BCUT2D eigenvalue weighted by atomic mass is 35.5. The lowest BCUT2D eigenvalue weighted by molar-refractivity contribution is -0.124. The van der Waals surface area contributed by atoms with Gasteiger partial charge in [0.2, 0.25) is 5.91 Å². The van der Waals surface area contributed by atoms with Crippen LogP contribution < -0.4 is 10.6 Å². The number of rotatable bonds is 5. The molecule has 3 amide bonds. The smallest absolute Gasteiger partial charge is 0.318 e. The minimum Gasteiger partial charge on any atom is -0.354 e. The Hall–Kier alpha value is -1.27. The van der Waals surface area contributed by atoms with Gasteiger partial charge in [-0.1, -0.05) is 11.6 Å². The minimum atomic E-state index is -0.407. The molecule has 2 rings (SSSR count). The molecule has 1 aromatic heterocycles. The summed E-state index contributed by atoms with van der Waals surface area (Å²) in [6.07, 6.45) is 3.70. The number of amides is 3. The van der Waals surface area contributed by atoms with E-state index in [-0.39, 0.29) is 11.9 Å². The SMILES string of the molecule is CC1C(=O)NCCCN1C(=O)NCCCCc1ccc(Cl)s1. The molecule has 0 radical (unpaired) electrons. The number of aryl methyl sites for hydroxylation is 1. The Balaban J connectivity index is 1.67. The molecular formula is C15H22ClN3O2S. The largest absolute Gasteiger partial charge is 0.354 e. The molecule has 1 aromatic rings. The lowest BCUT2D eigenvalue weighted by Crippen LogP contribution is -2.49. The van der Waals surface area contributed by atoms with Gasteiger partial charge in [-0.2, -0.15) is 0 Å². The van der Waals surface area contributed by atoms with Crippen molar-refractivity contribution in [3.8, 4) is 0 Å². The Kier molecular flexibility index (Phi) is 6.51. The fourth-order valence-electron chi connectivity index (χ4n) is 2.43. The first kappa shape index (κ1) is 17.1. The third-order valence-corrected chi connectivity index (χ3v) is 5.03. The highest BCUT2D eigenvalue weighted by molar-refractivity contribution is 7.16. The zero-order valence-corrected chi connectivity index (χ0v) is 14.3. The number of thiophene rings is 1. The van der Waals surface area contributed by atoms with Crippen LogP contribution in [0.2, 0.25) is 4.34 Å². The highest BCUT2D eigenvalue weighted by Crippen LogP contribution is 2.22. The van der Waals surface area contributed by atoms with Crippen LogP contribution in [0.5, 0.6) is 0 Å². The van der Waals surface area contributed by atoms with Crippen LogP contribution in [0.4, 0.5) is 4.79 Å². The molecule has 1 unspecified atom stereocenters. The topological polar surface area (TPSA) is 61.4 Å². The molecule has 2 N–H and O–H groups in total. The number of nitrogens with one attached hydrogen (secondary N) is 2. The van der Waals surface area contributed by atoms with E-state index in [9.17, 15) is 9.59 Å². The second-order valence-corrected chi connectivity index (χ2v) is 7.21. The molecular weight excluding hydrogens is 322 g/mol. The number of unbranched alkanes of at least 4 members (excludes halogenated alkanes) is 1. The molecule has 0 aliphatic carbocycles. The number of hydrogen-bond donors (Lipinski definition) is 2. The maximum Gasteiger partial charge on any atom is 0.318 e. The van der Waals surface area contributed by atoms with Crippen LogP contribution in [0.3, 0.4) is 0 Å². The quantitative estimate of drug-likeness (QED) is 0.807. The first-order chi connectivity index (χ1) is 10.6. The van der Waals surface area contributed by atoms with Crippen LogP contribution in [0.1, 0.15) is 31.1 Å². The summed E-state index contributed by atoms with van der Waals surface area (Å²) in [6, 6.07) is 3.40. The molecule has 5 nitrogen and oxygen atoms in total. The van der Waals surface area contributed by atoms with Crippen molar-refractivity contribution in [1.29, 1.82) is 0 Å². The summed E-state index contributed by atoms with van der Waals surface area (Å²) >= 11 is 7.49. The molecule has 1 aliphatic heterocycles. The van der Waals surface area contributed by atoms with E-state index >= 15 is 0 Å². The fraction of sp³-hybridized carbons (Fsp3) is 0.600. The lowest BCUT2D eigenvalue weighted by atomic mass is 10.2. The number of nitrogens with zero attached hydrogens (tertiary/aromatic N) is 1. The second-order valence-electron chi connectivity index (χ2n) is 5.41. The van der Waals surface area contributed by atoms with E-state index in [1.807, 2.05) is 12.1 Å². The molecule has 0 spiro atoms. The summed E-state index contributed by atoms with van der Waals surface area (Å²) in [5.74, 6) is -0.0813. The number of urea groups is 1. The first-order valence-corrected chi connectivity index (χ1v) is 8.84. The van der Waals surface area contributed by atoms with Crippen molar-refractivity contribution < 1.29 is 9.59 Å². The molecule has 1 atom stereocenters. The zero-order valence-electron chi connectivity index (χ0n) is 12.7. The van der Waals surface area contributed by atoms with Crippen molar-refractivity contribution in [2.45, 2.75) is 38.6 Å². The summed E-state index contributed by atoms with van der Waals surface area (Å²) in [6.45, 7) is 3.64. The third-order valence-electron chi connectivity index (χ3n) is 3.74. The van der Waals surface area contributed by atoms with Gasteiger partial charge in [0.1, 0.15) is 6.04 Å². The zero-order chi connectivity index (χ0) is 15.9. The molecule has 1 aliphatic rings. The van der Waals surface area contributed by atoms with Gasteiger partial charge in [-0.15, -0.1) is 11.3 Å². The number of carbonyl (C=O) groups is 2. The monoisotopic (exact) mass is 343 g/mol. The molecule has 0 aromatic carbocycles. The van der Waals surface area contributed by atoms with Gasteiger partial charge in [-0.25, -0.2) is 4.79 Å². The molecule has 0 saturated carbocycles. The molecule has 0 bridgehead atoms. The first-order valence-electron chi connectivity index (χ1n) is 7.64. The van der Waals surface area contributed by atoms with Gasteiger partial charge in [-0.3, -0.25) is 4.79 Å². The number of halogens is 1. The van der Waals surface area contributed by atoms with Crippen molar-refractivity contribution in [1.82, 2.24) is 15.5 Å². The summed E-state index contributed by atoms with van der Waals surface area (Å²) in [5.41, 5.74) is 0. The lowest BCUT2D eigenvalue weighted by Gasteiger charge is -2.25. The predicted molar refractivity (Wildman–Crippen MR) is 89.5 cm³/mol. The molecule has 1 saturated heterocycles. The van der Waals surface area contributed by atoms with Crippen LogP contribution in [-0.2, 0) is 11.2 Å². The normalized spacial score (nSPS) is 18.7. The Morgan fingerprint density at radius 1 is 1.50 bits per heavy atom. The van der Waals surface area contributed by atoms with Gasteiger partial charge in [0.15, 0.2) is 0 Å². The Morgan fingerprint density at radius 3 is 3.05 bits per heavy atom. The molecule has 7 heteroatoms. The summed E-state index contributed by atoms with van der Waals surface area (Å²) in [5, 5.41) is 5.71. The number of hydrogen-bond acceptors (Lipinski definition) is 3. The van der Waals surface area contributed by atoms with E-state index in [4.69, 9.17) is 11.6 Å². The van der Waals surface area contributed by atoms with Crippen molar-refractivity contribution >= 4 is 34.9 Å². The second kappa shape index (κ2) is 8.39. The Labute approximate surface area is 140 Å². The average molecular weight is 344 g/mol. The van der Waals surface area contributed by atoms with E-state index < -0.39 is 6.04 Å². The molecule has 2 heterocycles. The summed E-state index contributed by atoms with van der Waals surface area (Å²) < 4.78 is 0.816. The standard InChI is InChI=1S/C15H22ClN3O2S/c1-11-14(20)17-9-4-10-19(11)15(21)18-8-3-2-5-12-6-7-13(16)22-12/h6-7,11H,2-5,8-10H2,1H3,(H,17,20)(H,18,21). The Morgan fingerprint density at radius 2 is 2.32 bits per heavy atom. The van der Waals surface area contributed by atoms with Gasteiger partial charge in [0.05, 0.1) is 4.34 Å². The summed E-state index contributed by atoms with van der Waals surface area (Å²) in [4.78, 5) is 26.8. The van der Waals surface area contributed by atoms with Crippen LogP contribution >= 0.6 is 22.9 Å². The third kappa shape index (κ3) is 4.88. The van der Waals surface area contributed by atoms with Crippen molar-refractivity contribution in [3.63, 3.8) is 0 Å². The molecule has 22 heavy (non-hydrogen) atoms. The maximum absolute atomic E-state index is 12.2. The van der Waals surface area contributed by atoms with Gasteiger partial charge >= 0.3 is 6.03 Å². The highest BCUT2D eigenvalue weighted by Gasteiger charge is 2.27. The molecule has 122 valence electrons. The van der Waals surface area contributed by atoms with Crippen molar-refractivity contribution in [2.75, 3.05) is 19.6 Å². The van der Waals surface area contributed by atoms with Crippen molar-refractivity contribution in [2.24, 2.45) is 0 Å². The number of carbonyl (C=O) groups excluding carboxylic acids is 2. The minimum absolute atomic E-state index is 0.0813.